The second-order valence-corrected chi connectivity index (χ2v) is 8.91. The monoisotopic (exact) mass is 139 g/mol. The second-order valence-electron chi connectivity index (χ2n) is 3.39. The van der Waals surface area contributed by atoms with Gasteiger partial charge in [-0.05, 0) is 6.04 Å². The quantitative estimate of drug-likeness (QED) is 0.416. The zero-order chi connectivity index (χ0) is 7.33. The van der Waals surface area contributed by atoms with Crippen LogP contribution in [0.15, 0.2) is 18.2 Å². The largest absolute Gasteiger partial charge is 0.0872 e. The third-order valence-electron chi connectivity index (χ3n) is 0.977. The van der Waals surface area contributed by atoms with Crippen molar-refractivity contribution in [3.63, 3.8) is 0 Å². The fourth-order valence-corrected chi connectivity index (χ4v) is 1.34. The van der Waals surface area contributed by atoms with Gasteiger partial charge >= 0.3 is 0 Å². The molecule has 0 N–H and O–H groups in total. The molecule has 1 heteroatoms. The fraction of sp³-hybridized carbons (Fsp3) is 0.500. The highest BCUT2D eigenvalue weighted by molar-refractivity contribution is 6.76. The van der Waals surface area contributed by atoms with Crippen LogP contribution in [0.2, 0.25) is 25.7 Å². The molecule has 0 aromatic heterocycles. The molecule has 0 rings (SSSR count). The van der Waals surface area contributed by atoms with Crippen molar-refractivity contribution in [3.05, 3.63) is 24.8 Å². The van der Waals surface area contributed by atoms with Gasteiger partial charge in [0.1, 0.15) is 0 Å². The minimum absolute atomic E-state index is 0.857. The van der Waals surface area contributed by atoms with Gasteiger partial charge in [0, 0.05) is 8.07 Å². The van der Waals surface area contributed by atoms with E-state index in [-0.39, 0.29) is 0 Å². The van der Waals surface area contributed by atoms with Gasteiger partial charge < -0.3 is 0 Å². The van der Waals surface area contributed by atoms with Crippen molar-refractivity contribution in [2.75, 3.05) is 0 Å². The summed E-state index contributed by atoms with van der Waals surface area (Å²) in [7, 11) is -0.857. The summed E-state index contributed by atoms with van der Waals surface area (Å²) in [4.78, 5) is 0. The van der Waals surface area contributed by atoms with Crippen molar-refractivity contribution >= 4 is 8.07 Å². The van der Waals surface area contributed by atoms with Gasteiger partial charge in [-0.15, -0.1) is 0 Å². The van der Waals surface area contributed by atoms with Gasteiger partial charge in [0.25, 0.3) is 0 Å². The zero-order valence-electron chi connectivity index (χ0n) is 6.52. The molecule has 1 radical (unpaired) electrons. The average Bonchev–Trinajstić information content (AvgIpc) is 1.63. The predicted octanol–water partition coefficient (Wildman–Crippen LogP) is 2.87. The smallest absolute Gasteiger partial charge is 0.0480 e. The molecule has 0 amide bonds. The van der Waals surface area contributed by atoms with Crippen LogP contribution in [0.1, 0.15) is 0 Å². The van der Waals surface area contributed by atoms with E-state index < -0.39 is 8.07 Å². The molecule has 0 fully saturated rings. The van der Waals surface area contributed by atoms with Gasteiger partial charge in [0.05, 0.1) is 0 Å². The van der Waals surface area contributed by atoms with E-state index in [0.717, 1.165) is 0 Å². The highest BCUT2D eigenvalue weighted by Gasteiger charge is 2.08. The maximum atomic E-state index is 5.16. The highest BCUT2D eigenvalue weighted by Crippen LogP contribution is 2.07. The van der Waals surface area contributed by atoms with Crippen LogP contribution in [0.5, 0.6) is 0 Å². The third-order valence-corrected chi connectivity index (χ3v) is 2.44. The van der Waals surface area contributed by atoms with Crippen molar-refractivity contribution in [3.8, 4) is 0 Å². The maximum absolute atomic E-state index is 5.16. The van der Waals surface area contributed by atoms with Gasteiger partial charge in [-0.1, -0.05) is 44.4 Å². The van der Waals surface area contributed by atoms with Crippen molar-refractivity contribution in [1.29, 1.82) is 0 Å². The number of hydrogen-bond acceptors (Lipinski definition) is 0. The van der Waals surface area contributed by atoms with E-state index >= 15 is 0 Å². The Labute approximate surface area is 59.3 Å². The Hall–Kier alpha value is -0.303. The molecule has 9 heavy (non-hydrogen) atoms. The van der Waals surface area contributed by atoms with Crippen molar-refractivity contribution in [2.45, 2.75) is 25.7 Å². The molecule has 0 spiro atoms. The van der Waals surface area contributed by atoms with Crippen LogP contribution in [0, 0.1) is 6.58 Å². The Bertz CT molecular complexity index is 106. The Balaban J connectivity index is 3.50. The lowest BCUT2D eigenvalue weighted by Gasteiger charge is -2.10. The maximum Gasteiger partial charge on any atom is 0.0480 e. The summed E-state index contributed by atoms with van der Waals surface area (Å²) >= 11 is 0. The number of hydrogen-bond donors (Lipinski definition) is 0. The molecule has 0 atom stereocenters. The van der Waals surface area contributed by atoms with E-state index in [2.05, 4.69) is 25.7 Å². The summed E-state index contributed by atoms with van der Waals surface area (Å²) < 4.78 is 0. The van der Waals surface area contributed by atoms with Crippen molar-refractivity contribution in [1.82, 2.24) is 0 Å². The minimum Gasteiger partial charge on any atom is -0.0872 e. The van der Waals surface area contributed by atoms with Crippen molar-refractivity contribution in [2.24, 2.45) is 0 Å². The lowest BCUT2D eigenvalue weighted by atomic mass is 10.5. The SMILES string of the molecule is [CH]=CC=CC[Si](C)(C)C. The molecule has 0 aromatic rings. The summed E-state index contributed by atoms with van der Waals surface area (Å²) in [5.41, 5.74) is 0. The lowest BCUT2D eigenvalue weighted by molar-refractivity contribution is 1.51. The molecule has 0 heterocycles. The molecular weight excluding hydrogens is 124 g/mol. The van der Waals surface area contributed by atoms with E-state index in [1.807, 2.05) is 6.08 Å². The first-order valence-electron chi connectivity index (χ1n) is 3.26. The van der Waals surface area contributed by atoms with Gasteiger partial charge in [-0.3, -0.25) is 0 Å². The Morgan fingerprint density at radius 3 is 2.22 bits per heavy atom. The zero-order valence-corrected chi connectivity index (χ0v) is 7.52. The Morgan fingerprint density at radius 2 is 1.89 bits per heavy atom. The molecule has 0 unspecified atom stereocenters. The van der Waals surface area contributed by atoms with Gasteiger partial charge in [-0.2, -0.15) is 0 Å². The first-order valence-corrected chi connectivity index (χ1v) is 6.97. The molecular formula is C8H15Si. The molecule has 0 aliphatic heterocycles. The Morgan fingerprint density at radius 1 is 1.33 bits per heavy atom. The summed E-state index contributed by atoms with van der Waals surface area (Å²) in [6, 6.07) is 1.22. The topological polar surface area (TPSA) is 0 Å². The summed E-state index contributed by atoms with van der Waals surface area (Å²) in [6.45, 7) is 12.2. The molecule has 0 saturated heterocycles. The standard InChI is InChI=1S/C8H15Si/c1-5-6-7-8-9(2,3)4/h1,5-7H,8H2,2-4H3. The van der Waals surface area contributed by atoms with Crippen LogP contribution in [0.25, 0.3) is 0 Å². The molecule has 0 saturated carbocycles. The summed E-state index contributed by atoms with van der Waals surface area (Å²) in [6.07, 6.45) is 5.64. The first-order chi connectivity index (χ1) is 4.06. The summed E-state index contributed by atoms with van der Waals surface area (Å²) in [5, 5.41) is 0. The highest BCUT2D eigenvalue weighted by atomic mass is 28.3. The molecule has 0 aromatic carbocycles. The van der Waals surface area contributed by atoms with Crippen LogP contribution in [-0.4, -0.2) is 8.07 Å². The second kappa shape index (κ2) is 3.67. The van der Waals surface area contributed by atoms with E-state index in [1.165, 1.54) is 6.04 Å². The van der Waals surface area contributed by atoms with E-state index in [1.54, 1.807) is 6.08 Å². The van der Waals surface area contributed by atoms with Crippen molar-refractivity contribution < 1.29 is 0 Å². The first kappa shape index (κ1) is 8.70. The lowest BCUT2D eigenvalue weighted by Crippen LogP contribution is -2.17. The van der Waals surface area contributed by atoms with Crippen LogP contribution in [0.4, 0.5) is 0 Å². The number of allylic oxidation sites excluding steroid dienone is 3. The molecule has 0 aliphatic rings. The third kappa shape index (κ3) is 7.70. The molecule has 0 aliphatic carbocycles. The van der Waals surface area contributed by atoms with E-state index in [0.29, 0.717) is 0 Å². The van der Waals surface area contributed by atoms with Gasteiger partial charge in [-0.25, -0.2) is 0 Å². The molecule has 0 nitrogen and oxygen atoms in total. The predicted molar refractivity (Wildman–Crippen MR) is 46.2 cm³/mol. The van der Waals surface area contributed by atoms with Gasteiger partial charge in [0.2, 0.25) is 0 Å². The van der Waals surface area contributed by atoms with E-state index in [4.69, 9.17) is 6.58 Å². The average molecular weight is 139 g/mol. The normalized spacial score (nSPS) is 12.3. The fourth-order valence-electron chi connectivity index (χ4n) is 0.500. The minimum atomic E-state index is -0.857. The van der Waals surface area contributed by atoms with Gasteiger partial charge in [0.15, 0.2) is 0 Å². The van der Waals surface area contributed by atoms with Crippen LogP contribution < -0.4 is 0 Å². The van der Waals surface area contributed by atoms with Crippen LogP contribution >= 0.6 is 0 Å². The summed E-state index contributed by atoms with van der Waals surface area (Å²) in [5.74, 6) is 0. The van der Waals surface area contributed by atoms with Crippen LogP contribution in [0.3, 0.4) is 0 Å². The van der Waals surface area contributed by atoms with E-state index in [9.17, 15) is 0 Å². The molecule has 51 valence electrons. The van der Waals surface area contributed by atoms with Crippen LogP contribution in [-0.2, 0) is 0 Å². The Kier molecular flexibility index (Phi) is 3.55. The number of rotatable bonds is 3. The molecule has 0 bridgehead atoms.